The highest BCUT2D eigenvalue weighted by Gasteiger charge is 2.27. The quantitative estimate of drug-likeness (QED) is 0.466. The van der Waals surface area contributed by atoms with Crippen LogP contribution in [0.15, 0.2) is 89.0 Å². The first kappa shape index (κ1) is 18.5. The number of benzene rings is 2. The van der Waals surface area contributed by atoms with Crippen LogP contribution in [0.2, 0.25) is 0 Å². The fourth-order valence-corrected chi connectivity index (χ4v) is 5.22. The first-order valence-corrected chi connectivity index (χ1v) is 11.0. The Labute approximate surface area is 167 Å². The van der Waals surface area contributed by atoms with Crippen LogP contribution in [0.5, 0.6) is 0 Å². The molecule has 2 heterocycles. The molecule has 0 atom stereocenters. The summed E-state index contributed by atoms with van der Waals surface area (Å²) in [7, 11) is -3.68. The van der Waals surface area contributed by atoms with Crippen molar-refractivity contribution in [3.05, 3.63) is 95.8 Å². The topological polar surface area (TPSA) is 68.1 Å². The molecule has 2 aromatic heterocycles. The maximum absolute atomic E-state index is 13.1. The van der Waals surface area contributed by atoms with Gasteiger partial charge in [-0.25, -0.2) is 18.1 Å². The maximum Gasteiger partial charge on any atom is 0.270 e. The van der Waals surface area contributed by atoms with Gasteiger partial charge in [-0.05, 0) is 29.3 Å². The van der Waals surface area contributed by atoms with Gasteiger partial charge in [0.25, 0.3) is 10.0 Å². The Morgan fingerprint density at radius 2 is 1.61 bits per heavy atom. The minimum absolute atomic E-state index is 0.108. The molecule has 4 aromatic rings. The van der Waals surface area contributed by atoms with Gasteiger partial charge in [-0.2, -0.15) is 9.40 Å². The number of hydrogen-bond acceptors (Lipinski definition) is 5. The molecule has 0 saturated heterocycles. The Kier molecular flexibility index (Phi) is 5.34. The highest BCUT2D eigenvalue weighted by atomic mass is 32.2. The summed E-state index contributed by atoms with van der Waals surface area (Å²) < 4.78 is 29.6. The Morgan fingerprint density at radius 3 is 2.21 bits per heavy atom. The van der Waals surface area contributed by atoms with Gasteiger partial charge in [0.05, 0.1) is 5.69 Å². The van der Waals surface area contributed by atoms with Crippen molar-refractivity contribution in [1.82, 2.24) is 19.1 Å². The fraction of sp³-hybridized carbons (Fsp3) is 0.100. The molecule has 28 heavy (non-hydrogen) atoms. The summed E-state index contributed by atoms with van der Waals surface area (Å²) in [5, 5.41) is 5.88. The molecule has 0 aliphatic heterocycles. The van der Waals surface area contributed by atoms with Gasteiger partial charge in [0.2, 0.25) is 4.34 Å². The first-order valence-electron chi connectivity index (χ1n) is 8.65. The lowest BCUT2D eigenvalue weighted by Gasteiger charge is -2.21. The maximum atomic E-state index is 13.1. The highest BCUT2D eigenvalue weighted by Crippen LogP contribution is 2.23. The van der Waals surface area contributed by atoms with Crippen molar-refractivity contribution in [3.63, 3.8) is 0 Å². The summed E-state index contributed by atoms with van der Waals surface area (Å²) in [5.74, 6) is 0. The first-order chi connectivity index (χ1) is 13.6. The second-order valence-electron chi connectivity index (χ2n) is 6.17. The molecule has 0 aliphatic carbocycles. The number of hydrogen-bond donors (Lipinski definition) is 0. The zero-order chi connectivity index (χ0) is 19.4. The molecule has 0 N–H and O–H groups in total. The average molecular weight is 411 g/mol. The standard InChI is InChI=1S/C20H18N4O2S2/c25-28(26,20-21-12-14-27-20)23(15-17-5-2-1-3-6-17)16-18-7-9-19(10-8-18)24-13-4-11-22-24/h1-14H,15-16H2. The zero-order valence-electron chi connectivity index (χ0n) is 14.9. The van der Waals surface area contributed by atoms with Crippen molar-refractivity contribution in [1.29, 1.82) is 0 Å². The van der Waals surface area contributed by atoms with E-state index in [0.717, 1.165) is 28.2 Å². The van der Waals surface area contributed by atoms with E-state index in [9.17, 15) is 8.42 Å². The predicted molar refractivity (Wildman–Crippen MR) is 109 cm³/mol. The molecule has 4 rings (SSSR count). The van der Waals surface area contributed by atoms with Crippen LogP contribution in [0.3, 0.4) is 0 Å². The van der Waals surface area contributed by atoms with Gasteiger partial charge in [-0.1, -0.05) is 42.5 Å². The average Bonchev–Trinajstić information content (AvgIpc) is 3.43. The Morgan fingerprint density at radius 1 is 0.893 bits per heavy atom. The Hall–Kier alpha value is -2.81. The monoisotopic (exact) mass is 410 g/mol. The molecule has 6 nitrogen and oxygen atoms in total. The molecule has 0 spiro atoms. The van der Waals surface area contributed by atoms with E-state index in [1.54, 1.807) is 16.3 Å². The van der Waals surface area contributed by atoms with Crippen LogP contribution < -0.4 is 0 Å². The molecule has 0 aliphatic rings. The Balaban J connectivity index is 1.62. The molecule has 0 saturated carbocycles. The number of thiazole rings is 1. The predicted octanol–water partition coefficient (Wildman–Crippen LogP) is 3.72. The summed E-state index contributed by atoms with van der Waals surface area (Å²) >= 11 is 1.13. The van der Waals surface area contributed by atoms with Gasteiger partial charge < -0.3 is 0 Å². The minimum atomic E-state index is -3.68. The van der Waals surface area contributed by atoms with Crippen LogP contribution in [0.1, 0.15) is 11.1 Å². The van der Waals surface area contributed by atoms with Crippen molar-refractivity contribution in [2.45, 2.75) is 17.4 Å². The van der Waals surface area contributed by atoms with Crippen LogP contribution in [0, 0.1) is 0 Å². The van der Waals surface area contributed by atoms with Crippen LogP contribution in [-0.2, 0) is 23.1 Å². The second-order valence-corrected chi connectivity index (χ2v) is 9.18. The van der Waals surface area contributed by atoms with E-state index >= 15 is 0 Å². The normalized spacial score (nSPS) is 11.8. The van der Waals surface area contributed by atoms with E-state index in [-0.39, 0.29) is 17.4 Å². The van der Waals surface area contributed by atoms with Crippen LogP contribution in [0.4, 0.5) is 0 Å². The minimum Gasteiger partial charge on any atom is -0.241 e. The molecular weight excluding hydrogens is 392 g/mol. The van der Waals surface area contributed by atoms with Gasteiger partial charge in [-0.3, -0.25) is 0 Å². The lowest BCUT2D eigenvalue weighted by atomic mass is 10.2. The van der Waals surface area contributed by atoms with Crippen molar-refractivity contribution in [3.8, 4) is 5.69 Å². The smallest absolute Gasteiger partial charge is 0.241 e. The van der Waals surface area contributed by atoms with Crippen LogP contribution >= 0.6 is 11.3 Å². The summed E-state index contributed by atoms with van der Waals surface area (Å²) in [6, 6.07) is 19.1. The van der Waals surface area contributed by atoms with Crippen LogP contribution in [-0.4, -0.2) is 27.5 Å². The number of rotatable bonds is 7. The van der Waals surface area contributed by atoms with E-state index in [0.29, 0.717) is 0 Å². The largest absolute Gasteiger partial charge is 0.270 e. The number of aromatic nitrogens is 3. The third kappa shape index (κ3) is 4.04. The van der Waals surface area contributed by atoms with E-state index in [1.807, 2.05) is 66.9 Å². The number of nitrogens with zero attached hydrogens (tertiary/aromatic N) is 4. The zero-order valence-corrected chi connectivity index (χ0v) is 16.6. The van der Waals surface area contributed by atoms with Gasteiger partial charge in [-0.15, -0.1) is 11.3 Å². The fourth-order valence-electron chi connectivity index (χ4n) is 2.84. The third-order valence-corrected chi connectivity index (χ3v) is 7.21. The van der Waals surface area contributed by atoms with E-state index < -0.39 is 10.0 Å². The van der Waals surface area contributed by atoms with Gasteiger partial charge in [0.15, 0.2) is 0 Å². The molecule has 8 heteroatoms. The molecule has 0 amide bonds. The number of sulfonamides is 1. The van der Waals surface area contributed by atoms with E-state index in [2.05, 4.69) is 10.1 Å². The molecule has 0 fully saturated rings. The molecule has 0 unspecified atom stereocenters. The van der Waals surface area contributed by atoms with Crippen molar-refractivity contribution >= 4 is 21.4 Å². The summed E-state index contributed by atoms with van der Waals surface area (Å²) in [4.78, 5) is 4.02. The highest BCUT2D eigenvalue weighted by molar-refractivity contribution is 7.91. The molecule has 0 bridgehead atoms. The van der Waals surface area contributed by atoms with Crippen molar-refractivity contribution < 1.29 is 8.42 Å². The Bertz CT molecular complexity index is 1110. The summed E-state index contributed by atoms with van der Waals surface area (Å²) in [6.07, 6.45) is 5.09. The van der Waals surface area contributed by atoms with Crippen LogP contribution in [0.25, 0.3) is 5.69 Å². The second kappa shape index (κ2) is 8.05. The molecular formula is C20H18N4O2S2. The van der Waals surface area contributed by atoms with E-state index in [4.69, 9.17) is 0 Å². The lowest BCUT2D eigenvalue weighted by molar-refractivity contribution is 0.401. The molecule has 142 valence electrons. The summed E-state index contributed by atoms with van der Waals surface area (Å²) in [6.45, 7) is 0.542. The molecule has 2 aromatic carbocycles. The van der Waals surface area contributed by atoms with Gasteiger partial charge in [0.1, 0.15) is 0 Å². The van der Waals surface area contributed by atoms with Crippen molar-refractivity contribution in [2.75, 3.05) is 0 Å². The lowest BCUT2D eigenvalue weighted by Crippen LogP contribution is -2.30. The third-order valence-electron chi connectivity index (χ3n) is 4.24. The van der Waals surface area contributed by atoms with Gasteiger partial charge in [0, 0.05) is 37.1 Å². The van der Waals surface area contributed by atoms with Crippen molar-refractivity contribution in [2.24, 2.45) is 0 Å². The summed E-state index contributed by atoms with van der Waals surface area (Å²) in [5.41, 5.74) is 2.74. The van der Waals surface area contributed by atoms with Gasteiger partial charge >= 0.3 is 0 Å². The molecule has 0 radical (unpaired) electrons. The van der Waals surface area contributed by atoms with E-state index in [1.165, 1.54) is 10.5 Å². The SMILES string of the molecule is O=S(=O)(c1nccs1)N(Cc1ccccc1)Cc1ccc(-n2cccn2)cc1.